The number of benzene rings is 2. The van der Waals surface area contributed by atoms with Gasteiger partial charge in [0.25, 0.3) is 5.01 Å². The Morgan fingerprint density at radius 2 is 1.68 bits per heavy atom. The van der Waals surface area contributed by atoms with Gasteiger partial charge in [0, 0.05) is 18.7 Å². The molecular formula is C24H23N6S4+. The maximum Gasteiger partial charge on any atom is 0.262 e. The molecule has 0 N–H and O–H groups in total. The highest BCUT2D eigenvalue weighted by molar-refractivity contribution is 8.04. The predicted octanol–water partition coefficient (Wildman–Crippen LogP) is 6.90. The van der Waals surface area contributed by atoms with Crippen molar-refractivity contribution in [2.45, 2.75) is 32.7 Å². The number of nitrogens with zero attached hydrogens (tertiary/aromatic N) is 6. The van der Waals surface area contributed by atoms with Gasteiger partial charge in [-0.25, -0.2) is 0 Å². The standard InChI is InChI=1S/C23H19N6S4.CH4/c1-3-28-16-12-10-14-20(26-32-24-14)22(16)30-18(28)8-6-5-7-9-19-29(4-2)17-13-11-15-21(23(17)31-19)27-33-25-15;/h5-13H,3-4H2,1-2H3;1H4/q+1;. The Kier molecular flexibility index (Phi) is 6.48. The van der Waals surface area contributed by atoms with Gasteiger partial charge in [-0.2, -0.15) is 22.1 Å². The van der Waals surface area contributed by atoms with Crippen molar-refractivity contribution in [1.82, 2.24) is 17.5 Å². The number of allylic oxidation sites excluding steroid dienone is 4. The van der Waals surface area contributed by atoms with Crippen molar-refractivity contribution >= 4 is 90.6 Å². The Morgan fingerprint density at radius 1 is 0.912 bits per heavy atom. The number of anilines is 1. The first kappa shape index (κ1) is 23.1. The Labute approximate surface area is 214 Å². The van der Waals surface area contributed by atoms with Crippen molar-refractivity contribution in [3.05, 3.63) is 58.6 Å². The van der Waals surface area contributed by atoms with Crippen LogP contribution >= 0.6 is 46.6 Å². The van der Waals surface area contributed by atoms with Crippen LogP contribution in [0.4, 0.5) is 5.69 Å². The summed E-state index contributed by atoms with van der Waals surface area (Å²) in [6, 6.07) is 8.43. The molecule has 0 bridgehead atoms. The minimum Gasteiger partial charge on any atom is -0.335 e. The highest BCUT2D eigenvalue weighted by Crippen LogP contribution is 2.48. The lowest BCUT2D eigenvalue weighted by Gasteiger charge is -2.17. The molecule has 4 heterocycles. The minimum absolute atomic E-state index is 0. The number of thioether (sulfide) groups is 1. The van der Waals surface area contributed by atoms with E-state index in [9.17, 15) is 0 Å². The first-order valence-corrected chi connectivity index (χ1v) is 13.7. The van der Waals surface area contributed by atoms with E-state index in [4.69, 9.17) is 0 Å². The van der Waals surface area contributed by atoms with Crippen molar-refractivity contribution in [2.24, 2.45) is 0 Å². The second kappa shape index (κ2) is 9.53. The summed E-state index contributed by atoms with van der Waals surface area (Å²) in [7, 11) is 0. The second-order valence-electron chi connectivity index (χ2n) is 7.37. The molecule has 10 heteroatoms. The molecule has 172 valence electrons. The van der Waals surface area contributed by atoms with E-state index in [1.807, 2.05) is 0 Å². The monoisotopic (exact) mass is 523 g/mol. The lowest BCUT2D eigenvalue weighted by molar-refractivity contribution is -0.665. The number of aromatic nitrogens is 5. The average Bonchev–Trinajstić information content (AvgIpc) is 3.61. The molecule has 3 aromatic heterocycles. The van der Waals surface area contributed by atoms with E-state index in [0.717, 1.165) is 35.2 Å². The molecule has 1 aliphatic heterocycles. The zero-order valence-electron chi connectivity index (χ0n) is 17.9. The second-order valence-corrected chi connectivity index (χ2v) is 10.5. The molecule has 0 fully saturated rings. The third-order valence-electron chi connectivity index (χ3n) is 5.58. The zero-order valence-corrected chi connectivity index (χ0v) is 21.2. The zero-order chi connectivity index (χ0) is 22.4. The molecule has 6 nitrogen and oxygen atoms in total. The summed E-state index contributed by atoms with van der Waals surface area (Å²) >= 11 is 6.09. The molecule has 0 amide bonds. The number of rotatable bonds is 5. The van der Waals surface area contributed by atoms with Crippen molar-refractivity contribution in [1.29, 1.82) is 0 Å². The number of hydrogen-bond acceptors (Lipinski definition) is 9. The molecule has 1 aliphatic rings. The summed E-state index contributed by atoms with van der Waals surface area (Å²) in [5, 5.41) is 2.42. The summed E-state index contributed by atoms with van der Waals surface area (Å²) in [4.78, 5) is 3.53. The average molecular weight is 524 g/mol. The van der Waals surface area contributed by atoms with Crippen LogP contribution in [0.5, 0.6) is 0 Å². The van der Waals surface area contributed by atoms with Crippen LogP contribution in [0.15, 0.2) is 58.5 Å². The summed E-state index contributed by atoms with van der Waals surface area (Å²) in [5.74, 6) is 0. The van der Waals surface area contributed by atoms with Crippen LogP contribution in [0.2, 0.25) is 0 Å². The van der Waals surface area contributed by atoms with E-state index in [2.05, 4.69) is 95.5 Å². The maximum absolute atomic E-state index is 4.50. The molecule has 34 heavy (non-hydrogen) atoms. The fourth-order valence-corrected chi connectivity index (χ4v) is 7.70. The van der Waals surface area contributed by atoms with Gasteiger partial charge in [-0.3, -0.25) is 0 Å². The van der Waals surface area contributed by atoms with Gasteiger partial charge in [0.05, 0.1) is 39.1 Å². The topological polar surface area (TPSA) is 58.7 Å². The van der Waals surface area contributed by atoms with E-state index in [0.29, 0.717) is 0 Å². The minimum atomic E-state index is 0. The number of hydrogen-bond donors (Lipinski definition) is 0. The third-order valence-corrected chi connectivity index (χ3v) is 9.01. The Hall–Kier alpha value is -2.66. The molecule has 0 saturated heterocycles. The maximum atomic E-state index is 4.50. The molecule has 0 unspecified atom stereocenters. The van der Waals surface area contributed by atoms with E-state index in [-0.39, 0.29) is 7.43 Å². The summed E-state index contributed by atoms with van der Waals surface area (Å²) < 4.78 is 21.3. The Balaban J connectivity index is 0.00000241. The highest BCUT2D eigenvalue weighted by Gasteiger charge is 2.26. The smallest absolute Gasteiger partial charge is 0.262 e. The van der Waals surface area contributed by atoms with Gasteiger partial charge in [0.15, 0.2) is 0 Å². The van der Waals surface area contributed by atoms with Gasteiger partial charge in [-0.15, -0.1) is 0 Å². The van der Waals surface area contributed by atoms with Gasteiger partial charge >= 0.3 is 0 Å². The van der Waals surface area contributed by atoms with Crippen LogP contribution in [0.1, 0.15) is 26.3 Å². The van der Waals surface area contributed by atoms with Crippen molar-refractivity contribution in [3.8, 4) is 0 Å². The predicted molar refractivity (Wildman–Crippen MR) is 148 cm³/mol. The van der Waals surface area contributed by atoms with Crippen molar-refractivity contribution in [3.63, 3.8) is 0 Å². The largest absolute Gasteiger partial charge is 0.335 e. The van der Waals surface area contributed by atoms with Crippen molar-refractivity contribution < 1.29 is 4.57 Å². The van der Waals surface area contributed by atoms with Crippen LogP contribution in [-0.4, -0.2) is 24.0 Å². The molecule has 0 saturated carbocycles. The lowest BCUT2D eigenvalue weighted by Crippen LogP contribution is -2.33. The normalized spacial score (nSPS) is 15.0. The Bertz CT molecular complexity index is 1590. The van der Waals surface area contributed by atoms with Crippen LogP contribution in [0.3, 0.4) is 0 Å². The fraction of sp³-hybridized carbons (Fsp3) is 0.208. The van der Waals surface area contributed by atoms with Gasteiger partial charge in [0.1, 0.15) is 33.3 Å². The van der Waals surface area contributed by atoms with E-state index < -0.39 is 0 Å². The van der Waals surface area contributed by atoms with Gasteiger partial charge in [-0.1, -0.05) is 48.8 Å². The molecule has 0 radical (unpaired) electrons. The molecule has 2 aromatic carbocycles. The van der Waals surface area contributed by atoms with Crippen molar-refractivity contribution in [2.75, 3.05) is 11.4 Å². The number of aryl methyl sites for hydroxylation is 1. The summed E-state index contributed by atoms with van der Waals surface area (Å²) in [6.07, 6.45) is 10.7. The van der Waals surface area contributed by atoms with Crippen LogP contribution < -0.4 is 9.47 Å². The molecule has 0 spiro atoms. The van der Waals surface area contributed by atoms with Crippen LogP contribution in [0, 0.1) is 0 Å². The van der Waals surface area contributed by atoms with E-state index in [1.54, 1.807) is 23.1 Å². The third kappa shape index (κ3) is 3.74. The van der Waals surface area contributed by atoms with Gasteiger partial charge < -0.3 is 4.90 Å². The first-order valence-electron chi connectivity index (χ1n) is 10.6. The fourth-order valence-electron chi connectivity index (χ4n) is 4.06. The lowest BCUT2D eigenvalue weighted by atomic mass is 10.2. The van der Waals surface area contributed by atoms with Crippen LogP contribution in [-0.2, 0) is 6.54 Å². The van der Waals surface area contributed by atoms with Gasteiger partial charge in [-0.05, 0) is 38.1 Å². The molecule has 5 aromatic rings. The number of thiazole rings is 1. The first-order chi connectivity index (χ1) is 16.3. The van der Waals surface area contributed by atoms with Gasteiger partial charge in [0.2, 0.25) is 5.52 Å². The Morgan fingerprint density at radius 3 is 2.47 bits per heavy atom. The highest BCUT2D eigenvalue weighted by atomic mass is 32.2. The summed E-state index contributed by atoms with van der Waals surface area (Å²) in [6.45, 7) is 6.18. The quantitative estimate of drug-likeness (QED) is 0.185. The molecule has 0 atom stereocenters. The number of fused-ring (bicyclic) bond motifs is 6. The molecular weight excluding hydrogens is 501 g/mol. The van der Waals surface area contributed by atoms with E-state index in [1.165, 1.54) is 54.3 Å². The SMILES string of the molecule is C.CCN1\C(=C/C=C/C=C/c2sc3c4nsnc4ccc3[n+]2CC)Sc2c1ccc1nsnc21. The molecule has 6 rings (SSSR count). The summed E-state index contributed by atoms with van der Waals surface area (Å²) in [5.41, 5.74) is 6.39. The molecule has 0 aliphatic carbocycles. The van der Waals surface area contributed by atoms with E-state index >= 15 is 0 Å². The van der Waals surface area contributed by atoms with Crippen LogP contribution in [0.25, 0.3) is 38.4 Å².